The molecule has 0 aromatic heterocycles. The number of rotatable bonds is 6. The molecule has 0 fully saturated rings. The van der Waals surface area contributed by atoms with Crippen LogP contribution in [0.5, 0.6) is 0 Å². The molecule has 0 atom stereocenters. The Morgan fingerprint density at radius 3 is 2.31 bits per heavy atom. The van der Waals surface area contributed by atoms with Crippen molar-refractivity contribution in [2.24, 2.45) is 0 Å². The van der Waals surface area contributed by atoms with Gasteiger partial charge in [0.05, 0.1) is 42.6 Å². The summed E-state index contributed by atoms with van der Waals surface area (Å²) in [6.07, 6.45) is 5.73. The van der Waals surface area contributed by atoms with Crippen LogP contribution in [0.3, 0.4) is 0 Å². The molecule has 10 heteroatoms. The first kappa shape index (κ1) is 21.4. The van der Waals surface area contributed by atoms with E-state index in [1.54, 1.807) is 6.92 Å². The molecule has 0 saturated carbocycles. The predicted octanol–water partition coefficient (Wildman–Crippen LogP) is 2.26. The number of anilines is 1. The Morgan fingerprint density at radius 1 is 1.03 bits per heavy atom. The van der Waals surface area contributed by atoms with E-state index in [4.69, 9.17) is 14.2 Å². The van der Waals surface area contributed by atoms with E-state index >= 15 is 0 Å². The SMILES string of the molecule is CCOC(=O)c1cc(N2C=CC=CC(C(=O)OC)=C2C(=O)OC)cc([N+](=O)[O-])c1. The predicted molar refractivity (Wildman–Crippen MR) is 101 cm³/mol. The molecule has 0 unspecified atom stereocenters. The number of hydrogen-bond donors (Lipinski definition) is 0. The highest BCUT2D eigenvalue weighted by molar-refractivity contribution is 6.05. The maximum atomic E-state index is 12.5. The van der Waals surface area contributed by atoms with Crippen LogP contribution in [0, 0.1) is 10.1 Å². The largest absolute Gasteiger partial charge is 0.465 e. The molecule has 1 aliphatic rings. The Hall–Kier alpha value is -3.95. The van der Waals surface area contributed by atoms with Gasteiger partial charge in [-0.1, -0.05) is 6.08 Å². The van der Waals surface area contributed by atoms with Gasteiger partial charge in [-0.2, -0.15) is 0 Å². The van der Waals surface area contributed by atoms with Crippen LogP contribution in [0.25, 0.3) is 0 Å². The zero-order valence-corrected chi connectivity index (χ0v) is 15.9. The molecule has 1 aromatic rings. The number of carbonyl (C=O) groups is 3. The summed E-state index contributed by atoms with van der Waals surface area (Å²) in [5, 5.41) is 11.4. The molecule has 0 spiro atoms. The minimum atomic E-state index is -0.884. The molecule has 1 aromatic carbocycles. The van der Waals surface area contributed by atoms with E-state index in [1.807, 2.05) is 0 Å². The first-order valence-electron chi connectivity index (χ1n) is 8.35. The molecule has 0 bridgehead atoms. The number of nitro groups is 1. The fourth-order valence-electron chi connectivity index (χ4n) is 2.54. The number of nitrogens with zero attached hydrogens (tertiary/aromatic N) is 2. The number of benzene rings is 1. The Morgan fingerprint density at radius 2 is 1.72 bits per heavy atom. The highest BCUT2D eigenvalue weighted by Crippen LogP contribution is 2.30. The van der Waals surface area contributed by atoms with E-state index in [1.165, 1.54) is 35.4 Å². The van der Waals surface area contributed by atoms with Crippen LogP contribution < -0.4 is 4.90 Å². The second-order valence-electron chi connectivity index (χ2n) is 5.53. The molecule has 1 heterocycles. The van der Waals surface area contributed by atoms with E-state index in [-0.39, 0.29) is 29.1 Å². The van der Waals surface area contributed by atoms with Gasteiger partial charge in [-0.25, -0.2) is 14.4 Å². The van der Waals surface area contributed by atoms with Gasteiger partial charge in [0.2, 0.25) is 0 Å². The number of hydrogen-bond acceptors (Lipinski definition) is 9. The van der Waals surface area contributed by atoms with E-state index in [0.29, 0.717) is 0 Å². The van der Waals surface area contributed by atoms with E-state index < -0.39 is 28.5 Å². The normalized spacial score (nSPS) is 13.0. The van der Waals surface area contributed by atoms with Gasteiger partial charge in [-0.15, -0.1) is 0 Å². The molecule has 0 radical (unpaired) electrons. The van der Waals surface area contributed by atoms with Gasteiger partial charge < -0.3 is 19.1 Å². The molecule has 1 aliphatic heterocycles. The maximum Gasteiger partial charge on any atom is 0.355 e. The van der Waals surface area contributed by atoms with Crippen LogP contribution in [-0.2, 0) is 23.8 Å². The van der Waals surface area contributed by atoms with Crippen molar-refractivity contribution in [1.82, 2.24) is 0 Å². The van der Waals surface area contributed by atoms with E-state index in [9.17, 15) is 24.5 Å². The van der Waals surface area contributed by atoms with Crippen molar-refractivity contribution in [2.75, 3.05) is 25.7 Å². The van der Waals surface area contributed by atoms with Crippen molar-refractivity contribution >= 4 is 29.3 Å². The lowest BCUT2D eigenvalue weighted by Crippen LogP contribution is -2.27. The van der Waals surface area contributed by atoms with Crippen LogP contribution in [0.1, 0.15) is 17.3 Å². The summed E-state index contributed by atoms with van der Waals surface area (Å²) in [4.78, 5) is 48.6. The molecular weight excluding hydrogens is 384 g/mol. The molecule has 0 aliphatic carbocycles. The standard InChI is InChI=1S/C19H18N2O8/c1-4-29-17(22)12-9-13(11-14(10-12)21(25)26)20-8-6-5-7-15(18(23)27-2)16(20)19(24)28-3/h5-11H,4H2,1-3H3. The van der Waals surface area contributed by atoms with Crippen LogP contribution in [0.15, 0.2) is 53.9 Å². The Bertz CT molecular complexity index is 946. The molecule has 10 nitrogen and oxygen atoms in total. The average molecular weight is 402 g/mol. The number of allylic oxidation sites excluding steroid dienone is 2. The fraction of sp³-hybridized carbons (Fsp3) is 0.211. The highest BCUT2D eigenvalue weighted by Gasteiger charge is 2.29. The topological polar surface area (TPSA) is 125 Å². The fourth-order valence-corrected chi connectivity index (χ4v) is 2.54. The van der Waals surface area contributed by atoms with Crippen molar-refractivity contribution in [3.8, 4) is 0 Å². The summed E-state index contributed by atoms with van der Waals surface area (Å²) in [6.45, 7) is 1.67. The second kappa shape index (κ2) is 9.31. The van der Waals surface area contributed by atoms with E-state index in [2.05, 4.69) is 0 Å². The number of ether oxygens (including phenoxy) is 3. The number of methoxy groups -OCH3 is 2. The van der Waals surface area contributed by atoms with Crippen molar-refractivity contribution in [1.29, 1.82) is 0 Å². The lowest BCUT2D eigenvalue weighted by molar-refractivity contribution is -0.384. The molecule has 29 heavy (non-hydrogen) atoms. The Labute approximate surface area is 165 Å². The van der Waals surface area contributed by atoms with Crippen LogP contribution in [0.2, 0.25) is 0 Å². The third-order valence-corrected chi connectivity index (χ3v) is 3.79. The number of carbonyl (C=O) groups excluding carboxylic acids is 3. The zero-order valence-electron chi connectivity index (χ0n) is 15.9. The van der Waals surface area contributed by atoms with Crippen molar-refractivity contribution in [3.05, 3.63) is 69.6 Å². The minimum Gasteiger partial charge on any atom is -0.465 e. The first-order chi connectivity index (χ1) is 13.8. The van der Waals surface area contributed by atoms with Crippen molar-refractivity contribution in [2.45, 2.75) is 6.92 Å². The van der Waals surface area contributed by atoms with Crippen molar-refractivity contribution in [3.63, 3.8) is 0 Å². The van der Waals surface area contributed by atoms with Gasteiger partial charge in [0.25, 0.3) is 5.69 Å². The molecule has 0 amide bonds. The third kappa shape index (κ3) is 4.67. The van der Waals surface area contributed by atoms with Gasteiger partial charge in [0, 0.05) is 18.3 Å². The summed E-state index contributed by atoms with van der Waals surface area (Å²) in [6, 6.07) is 3.51. The number of nitro benzene ring substituents is 1. The van der Waals surface area contributed by atoms with Crippen LogP contribution in [0.4, 0.5) is 11.4 Å². The third-order valence-electron chi connectivity index (χ3n) is 3.79. The molecule has 2 rings (SSSR count). The molecular formula is C19H18N2O8. The summed E-state index contributed by atoms with van der Waals surface area (Å²) in [5.74, 6) is -2.47. The van der Waals surface area contributed by atoms with E-state index in [0.717, 1.165) is 26.4 Å². The highest BCUT2D eigenvalue weighted by atomic mass is 16.6. The van der Waals surface area contributed by atoms with Gasteiger partial charge in [-0.05, 0) is 25.1 Å². The van der Waals surface area contributed by atoms with Crippen LogP contribution >= 0.6 is 0 Å². The quantitative estimate of drug-likeness (QED) is 0.305. The summed E-state index contributed by atoms with van der Waals surface area (Å²) < 4.78 is 14.4. The molecule has 0 saturated heterocycles. The molecule has 152 valence electrons. The zero-order chi connectivity index (χ0) is 21.6. The van der Waals surface area contributed by atoms with Gasteiger partial charge in [0.1, 0.15) is 5.70 Å². The average Bonchev–Trinajstić information content (AvgIpc) is 2.95. The number of esters is 3. The Kier molecular flexibility index (Phi) is 6.85. The summed E-state index contributed by atoms with van der Waals surface area (Å²) in [5.41, 5.74) is -0.789. The van der Waals surface area contributed by atoms with Gasteiger partial charge >= 0.3 is 17.9 Å². The maximum absolute atomic E-state index is 12.5. The first-order valence-corrected chi connectivity index (χ1v) is 8.35. The lowest BCUT2D eigenvalue weighted by atomic mass is 10.1. The summed E-state index contributed by atoms with van der Waals surface area (Å²) >= 11 is 0. The number of non-ortho nitro benzene ring substituents is 1. The second-order valence-corrected chi connectivity index (χ2v) is 5.53. The minimum absolute atomic E-state index is 0.0732. The van der Waals surface area contributed by atoms with Gasteiger partial charge in [-0.3, -0.25) is 10.1 Å². The van der Waals surface area contributed by atoms with Gasteiger partial charge in [0.15, 0.2) is 0 Å². The monoisotopic (exact) mass is 402 g/mol. The Balaban J connectivity index is 2.74. The van der Waals surface area contributed by atoms with Crippen molar-refractivity contribution < 1.29 is 33.5 Å². The smallest absolute Gasteiger partial charge is 0.355 e. The molecule has 0 N–H and O–H groups in total. The lowest BCUT2D eigenvalue weighted by Gasteiger charge is -2.23. The van der Waals surface area contributed by atoms with Crippen LogP contribution in [-0.4, -0.2) is 43.7 Å². The summed E-state index contributed by atoms with van der Waals surface area (Å²) in [7, 11) is 2.27.